The van der Waals surface area contributed by atoms with Crippen molar-refractivity contribution in [2.24, 2.45) is 0 Å². The molecular weight excluding hydrogens is 371 g/mol. The summed E-state index contributed by atoms with van der Waals surface area (Å²) in [5.74, 6) is -1.02. The van der Waals surface area contributed by atoms with E-state index in [1.807, 2.05) is 0 Å². The summed E-state index contributed by atoms with van der Waals surface area (Å²) in [6.07, 6.45) is 0. The molecule has 0 aliphatic rings. The topological polar surface area (TPSA) is 69.7 Å². The van der Waals surface area contributed by atoms with Crippen molar-refractivity contribution in [1.29, 1.82) is 0 Å². The Kier molecular flexibility index (Phi) is 5.23. The maximum atomic E-state index is 13.4. The molecule has 0 N–H and O–H groups in total. The highest BCUT2D eigenvalue weighted by atomic mass is 32.2. The van der Waals surface area contributed by atoms with Crippen LogP contribution in [0.4, 0.5) is 4.39 Å². The molecule has 0 spiro atoms. The average Bonchev–Trinajstić information content (AvgIpc) is 2.68. The monoisotopic (exact) mass is 386 g/mol. The molecule has 138 valence electrons. The number of halogens is 1. The van der Waals surface area contributed by atoms with E-state index in [1.54, 1.807) is 30.3 Å². The van der Waals surface area contributed by atoms with Crippen LogP contribution in [0.3, 0.4) is 0 Å². The lowest BCUT2D eigenvalue weighted by molar-refractivity contribution is 0.103. The lowest BCUT2D eigenvalue weighted by Crippen LogP contribution is -2.13. The van der Waals surface area contributed by atoms with E-state index < -0.39 is 21.7 Å². The molecule has 0 amide bonds. The summed E-state index contributed by atoms with van der Waals surface area (Å²) < 4.78 is 48.7. The van der Waals surface area contributed by atoms with Gasteiger partial charge in [-0.1, -0.05) is 36.4 Å². The number of hydrogen-bond donors (Lipinski definition) is 0. The number of ketones is 1. The van der Waals surface area contributed by atoms with Gasteiger partial charge in [0.15, 0.2) is 11.5 Å². The minimum atomic E-state index is -4.35. The number of ether oxygens (including phenoxy) is 1. The van der Waals surface area contributed by atoms with Gasteiger partial charge in [-0.15, -0.1) is 0 Å². The summed E-state index contributed by atoms with van der Waals surface area (Å²) in [5.41, 5.74) is 0.414. The molecule has 0 unspecified atom stereocenters. The predicted molar refractivity (Wildman–Crippen MR) is 97.1 cm³/mol. The third-order valence-electron chi connectivity index (χ3n) is 3.75. The Hall–Kier alpha value is -3.19. The van der Waals surface area contributed by atoms with Gasteiger partial charge in [-0.25, -0.2) is 4.39 Å². The molecule has 3 aromatic carbocycles. The van der Waals surface area contributed by atoms with Crippen LogP contribution in [0.25, 0.3) is 0 Å². The molecule has 0 saturated heterocycles. The highest BCUT2D eigenvalue weighted by Gasteiger charge is 2.23. The van der Waals surface area contributed by atoms with Gasteiger partial charge in [-0.05, 0) is 30.3 Å². The van der Waals surface area contributed by atoms with Crippen molar-refractivity contribution in [2.75, 3.05) is 7.11 Å². The summed E-state index contributed by atoms with van der Waals surface area (Å²) in [6.45, 7) is 0. The Labute approximate surface area is 156 Å². The fourth-order valence-electron chi connectivity index (χ4n) is 2.42. The van der Waals surface area contributed by atoms with E-state index in [0.29, 0.717) is 11.3 Å². The fraction of sp³-hybridized carbons (Fsp3) is 0.0500. The van der Waals surface area contributed by atoms with Crippen LogP contribution in [0.2, 0.25) is 0 Å². The van der Waals surface area contributed by atoms with E-state index in [-0.39, 0.29) is 16.2 Å². The van der Waals surface area contributed by atoms with Gasteiger partial charge >= 0.3 is 10.1 Å². The lowest BCUT2D eigenvalue weighted by Gasteiger charge is -2.12. The molecule has 27 heavy (non-hydrogen) atoms. The van der Waals surface area contributed by atoms with E-state index >= 15 is 0 Å². The van der Waals surface area contributed by atoms with Crippen molar-refractivity contribution in [3.8, 4) is 11.5 Å². The molecule has 7 heteroatoms. The third kappa shape index (κ3) is 4.15. The Balaban J connectivity index is 2.05. The summed E-state index contributed by atoms with van der Waals surface area (Å²) in [6, 6.07) is 17.0. The highest BCUT2D eigenvalue weighted by Crippen LogP contribution is 2.30. The zero-order chi connectivity index (χ0) is 19.4. The molecule has 0 heterocycles. The molecular formula is C20H15FO5S. The Morgan fingerprint density at radius 2 is 1.67 bits per heavy atom. The normalized spacial score (nSPS) is 11.0. The largest absolute Gasteiger partial charge is 0.497 e. The van der Waals surface area contributed by atoms with Crippen molar-refractivity contribution >= 4 is 15.9 Å². The molecule has 0 bridgehead atoms. The lowest BCUT2D eigenvalue weighted by atomic mass is 10.0. The van der Waals surface area contributed by atoms with Crippen LogP contribution in [0.5, 0.6) is 11.5 Å². The summed E-state index contributed by atoms with van der Waals surface area (Å²) in [4.78, 5) is 12.4. The van der Waals surface area contributed by atoms with Gasteiger partial charge in [-0.3, -0.25) is 4.79 Å². The van der Waals surface area contributed by atoms with Crippen LogP contribution < -0.4 is 8.92 Å². The summed E-state index contributed by atoms with van der Waals surface area (Å²) in [5, 5.41) is 0. The number of carbonyl (C=O) groups excluding carboxylic acids is 1. The molecule has 3 rings (SSSR count). The van der Waals surface area contributed by atoms with Crippen molar-refractivity contribution in [2.45, 2.75) is 4.90 Å². The van der Waals surface area contributed by atoms with E-state index in [1.165, 1.54) is 37.4 Å². The van der Waals surface area contributed by atoms with Gasteiger partial charge in [0, 0.05) is 11.6 Å². The number of methoxy groups -OCH3 is 1. The van der Waals surface area contributed by atoms with Gasteiger partial charge in [0.05, 0.1) is 12.7 Å². The van der Waals surface area contributed by atoms with Gasteiger partial charge in [0.1, 0.15) is 16.5 Å². The molecule has 3 aromatic rings. The maximum absolute atomic E-state index is 13.4. The molecule has 0 radical (unpaired) electrons. The van der Waals surface area contributed by atoms with Crippen molar-refractivity contribution in [3.05, 3.63) is 89.7 Å². The van der Waals surface area contributed by atoms with Crippen molar-refractivity contribution < 1.29 is 26.5 Å². The zero-order valence-electron chi connectivity index (χ0n) is 14.3. The predicted octanol–water partition coefficient (Wildman–Crippen LogP) is 3.83. The van der Waals surface area contributed by atoms with Crippen LogP contribution in [0, 0.1) is 5.82 Å². The second kappa shape index (κ2) is 7.59. The Morgan fingerprint density at radius 3 is 2.33 bits per heavy atom. The van der Waals surface area contributed by atoms with E-state index in [0.717, 1.165) is 12.1 Å². The smallest absolute Gasteiger partial charge is 0.339 e. The molecule has 0 aliphatic carbocycles. The molecule has 5 nitrogen and oxygen atoms in total. The number of rotatable bonds is 6. The van der Waals surface area contributed by atoms with Crippen LogP contribution in [-0.4, -0.2) is 21.3 Å². The van der Waals surface area contributed by atoms with E-state index in [9.17, 15) is 17.6 Å². The quantitative estimate of drug-likeness (QED) is 0.476. The van der Waals surface area contributed by atoms with Gasteiger partial charge in [0.2, 0.25) is 0 Å². The molecule has 0 aromatic heterocycles. The van der Waals surface area contributed by atoms with E-state index in [2.05, 4.69) is 0 Å². The first-order valence-electron chi connectivity index (χ1n) is 7.88. The summed E-state index contributed by atoms with van der Waals surface area (Å²) >= 11 is 0. The molecule has 0 atom stereocenters. The molecule has 0 saturated carbocycles. The van der Waals surface area contributed by atoms with Crippen molar-refractivity contribution in [1.82, 2.24) is 0 Å². The minimum absolute atomic E-state index is 0.0435. The first-order valence-corrected chi connectivity index (χ1v) is 9.29. The molecule has 0 aliphatic heterocycles. The van der Waals surface area contributed by atoms with Crippen LogP contribution in [0.15, 0.2) is 77.7 Å². The standard InChI is InChI=1S/C20H15FO5S/c1-25-16-10-11-18(20(22)14-6-3-2-4-7-14)19(13-16)26-27(23,24)17-9-5-8-15(21)12-17/h2-13H,1H3. The summed E-state index contributed by atoms with van der Waals surface area (Å²) in [7, 11) is -2.95. The second-order valence-electron chi connectivity index (χ2n) is 5.55. The minimum Gasteiger partial charge on any atom is -0.497 e. The van der Waals surface area contributed by atoms with Gasteiger partial charge in [0.25, 0.3) is 0 Å². The first-order chi connectivity index (χ1) is 12.9. The average molecular weight is 386 g/mol. The number of benzene rings is 3. The highest BCUT2D eigenvalue weighted by molar-refractivity contribution is 7.87. The third-order valence-corrected chi connectivity index (χ3v) is 4.98. The Morgan fingerprint density at radius 1 is 0.926 bits per heavy atom. The van der Waals surface area contributed by atoms with Gasteiger partial charge < -0.3 is 8.92 Å². The zero-order valence-corrected chi connectivity index (χ0v) is 15.1. The SMILES string of the molecule is COc1ccc(C(=O)c2ccccc2)c(OS(=O)(=O)c2cccc(F)c2)c1. The number of carbonyl (C=O) groups is 1. The van der Waals surface area contributed by atoms with Crippen LogP contribution in [0.1, 0.15) is 15.9 Å². The van der Waals surface area contributed by atoms with Gasteiger partial charge in [-0.2, -0.15) is 8.42 Å². The maximum Gasteiger partial charge on any atom is 0.339 e. The number of hydrogen-bond acceptors (Lipinski definition) is 5. The van der Waals surface area contributed by atoms with E-state index in [4.69, 9.17) is 8.92 Å². The Bertz CT molecular complexity index is 1080. The fourth-order valence-corrected chi connectivity index (χ4v) is 3.39. The van der Waals surface area contributed by atoms with Crippen molar-refractivity contribution in [3.63, 3.8) is 0 Å². The van der Waals surface area contributed by atoms with Crippen LogP contribution in [-0.2, 0) is 10.1 Å². The molecule has 0 fully saturated rings. The van der Waals surface area contributed by atoms with Crippen LogP contribution >= 0.6 is 0 Å². The second-order valence-corrected chi connectivity index (χ2v) is 7.10. The first kappa shape index (κ1) is 18.6.